The minimum absolute atomic E-state index is 0.0902. The molecule has 0 radical (unpaired) electrons. The van der Waals surface area contributed by atoms with Crippen LogP contribution in [0.25, 0.3) is 0 Å². The first-order valence-electron chi connectivity index (χ1n) is 4.22. The molecule has 0 aliphatic heterocycles. The standard InChI is InChI=1S/C9H11ClN4/c1-7(3-4-11)14(2)9-8(10)5-12-6-13-9/h5-7H,3H2,1-2H3. The van der Waals surface area contributed by atoms with Crippen molar-refractivity contribution in [3.63, 3.8) is 0 Å². The molecule has 0 fully saturated rings. The largest absolute Gasteiger partial charge is 0.355 e. The van der Waals surface area contributed by atoms with Crippen LogP contribution < -0.4 is 4.90 Å². The van der Waals surface area contributed by atoms with Gasteiger partial charge in [-0.2, -0.15) is 5.26 Å². The number of nitrogens with zero attached hydrogens (tertiary/aromatic N) is 4. The van der Waals surface area contributed by atoms with Gasteiger partial charge in [-0.05, 0) is 6.92 Å². The van der Waals surface area contributed by atoms with Crippen LogP contribution in [-0.2, 0) is 0 Å². The van der Waals surface area contributed by atoms with Crippen LogP contribution in [0.5, 0.6) is 0 Å². The van der Waals surface area contributed by atoms with Crippen molar-refractivity contribution in [1.82, 2.24) is 9.97 Å². The number of nitriles is 1. The number of rotatable bonds is 3. The Bertz CT molecular complexity index is 347. The highest BCUT2D eigenvalue weighted by atomic mass is 35.5. The maximum absolute atomic E-state index is 8.56. The van der Waals surface area contributed by atoms with E-state index in [0.717, 1.165) is 0 Å². The van der Waals surface area contributed by atoms with Crippen molar-refractivity contribution in [3.8, 4) is 6.07 Å². The Kier molecular flexibility index (Phi) is 3.66. The molecule has 0 amide bonds. The second-order valence-corrected chi connectivity index (χ2v) is 3.42. The highest BCUT2D eigenvalue weighted by Crippen LogP contribution is 2.22. The molecule has 0 aromatic carbocycles. The van der Waals surface area contributed by atoms with Crippen LogP contribution in [0.4, 0.5) is 5.82 Å². The molecule has 0 saturated heterocycles. The Morgan fingerprint density at radius 1 is 1.71 bits per heavy atom. The van der Waals surface area contributed by atoms with Crippen LogP contribution in [0.15, 0.2) is 12.5 Å². The molecule has 74 valence electrons. The summed E-state index contributed by atoms with van der Waals surface area (Å²) in [5.74, 6) is 0.657. The summed E-state index contributed by atoms with van der Waals surface area (Å²) in [5.41, 5.74) is 0. The van der Waals surface area contributed by atoms with Gasteiger partial charge in [0.2, 0.25) is 0 Å². The van der Waals surface area contributed by atoms with Gasteiger partial charge in [0, 0.05) is 13.1 Å². The molecule has 1 aromatic rings. The molecule has 14 heavy (non-hydrogen) atoms. The van der Waals surface area contributed by atoms with Crippen LogP contribution in [0, 0.1) is 11.3 Å². The van der Waals surface area contributed by atoms with Crippen LogP contribution in [-0.4, -0.2) is 23.1 Å². The number of aromatic nitrogens is 2. The highest BCUT2D eigenvalue weighted by Gasteiger charge is 2.13. The van der Waals surface area contributed by atoms with E-state index in [-0.39, 0.29) is 6.04 Å². The van der Waals surface area contributed by atoms with E-state index in [9.17, 15) is 0 Å². The maximum Gasteiger partial charge on any atom is 0.150 e. The molecule has 0 aliphatic carbocycles. The SMILES string of the molecule is CC(CC#N)N(C)c1ncncc1Cl. The Morgan fingerprint density at radius 3 is 3.00 bits per heavy atom. The van der Waals surface area contributed by atoms with Crippen molar-refractivity contribution in [1.29, 1.82) is 5.26 Å². The van der Waals surface area contributed by atoms with Crippen LogP contribution in [0.3, 0.4) is 0 Å². The molecule has 4 nitrogen and oxygen atoms in total. The van der Waals surface area contributed by atoms with E-state index in [1.807, 2.05) is 18.9 Å². The third kappa shape index (κ3) is 2.33. The fraction of sp³-hybridized carbons (Fsp3) is 0.444. The summed E-state index contributed by atoms with van der Waals surface area (Å²) < 4.78 is 0. The maximum atomic E-state index is 8.56. The van der Waals surface area contributed by atoms with Gasteiger partial charge in [-0.1, -0.05) is 11.6 Å². The molecule has 1 aromatic heterocycles. The van der Waals surface area contributed by atoms with Crippen molar-refractivity contribution in [2.75, 3.05) is 11.9 Å². The molecule has 0 bridgehead atoms. The first-order valence-corrected chi connectivity index (χ1v) is 4.60. The van der Waals surface area contributed by atoms with Gasteiger partial charge in [0.15, 0.2) is 5.82 Å². The molecule has 5 heteroatoms. The lowest BCUT2D eigenvalue weighted by Gasteiger charge is -2.24. The van der Waals surface area contributed by atoms with Crippen LogP contribution >= 0.6 is 11.6 Å². The normalized spacial score (nSPS) is 11.9. The van der Waals surface area contributed by atoms with E-state index in [2.05, 4.69) is 16.0 Å². The zero-order valence-electron chi connectivity index (χ0n) is 8.11. The monoisotopic (exact) mass is 210 g/mol. The first-order chi connectivity index (χ1) is 6.66. The summed E-state index contributed by atoms with van der Waals surface area (Å²) in [6.07, 6.45) is 3.42. The van der Waals surface area contributed by atoms with Gasteiger partial charge in [-0.3, -0.25) is 0 Å². The van der Waals surface area contributed by atoms with E-state index in [1.165, 1.54) is 6.33 Å². The molecule has 1 heterocycles. The highest BCUT2D eigenvalue weighted by molar-refractivity contribution is 6.32. The smallest absolute Gasteiger partial charge is 0.150 e. The molecule has 0 spiro atoms. The molecule has 0 aliphatic rings. The van der Waals surface area contributed by atoms with Crippen molar-refractivity contribution in [3.05, 3.63) is 17.5 Å². The fourth-order valence-electron chi connectivity index (χ4n) is 1.04. The molecular weight excluding hydrogens is 200 g/mol. The van der Waals surface area contributed by atoms with E-state index < -0.39 is 0 Å². The molecule has 1 rings (SSSR count). The molecule has 1 unspecified atom stereocenters. The lowest BCUT2D eigenvalue weighted by atomic mass is 10.2. The average molecular weight is 211 g/mol. The zero-order valence-corrected chi connectivity index (χ0v) is 8.86. The van der Waals surface area contributed by atoms with Crippen molar-refractivity contribution in [2.24, 2.45) is 0 Å². The number of hydrogen-bond acceptors (Lipinski definition) is 4. The van der Waals surface area contributed by atoms with Gasteiger partial charge in [0.05, 0.1) is 18.7 Å². The Hall–Kier alpha value is -1.34. The Morgan fingerprint density at radius 2 is 2.43 bits per heavy atom. The number of hydrogen-bond donors (Lipinski definition) is 0. The fourth-order valence-corrected chi connectivity index (χ4v) is 1.28. The predicted octanol–water partition coefficient (Wildman–Crippen LogP) is 1.87. The molecule has 0 N–H and O–H groups in total. The average Bonchev–Trinajstić information content (AvgIpc) is 2.18. The number of anilines is 1. The Labute approximate surface area is 88.2 Å². The topological polar surface area (TPSA) is 52.8 Å². The second-order valence-electron chi connectivity index (χ2n) is 3.02. The lowest BCUT2D eigenvalue weighted by molar-refractivity contribution is 0.693. The zero-order chi connectivity index (χ0) is 10.6. The van der Waals surface area contributed by atoms with Gasteiger partial charge < -0.3 is 4.90 Å². The van der Waals surface area contributed by atoms with Gasteiger partial charge in [0.1, 0.15) is 11.3 Å². The summed E-state index contributed by atoms with van der Waals surface area (Å²) in [6.45, 7) is 1.95. The van der Waals surface area contributed by atoms with Gasteiger partial charge >= 0.3 is 0 Å². The predicted molar refractivity (Wildman–Crippen MR) is 55.1 cm³/mol. The summed E-state index contributed by atoms with van der Waals surface area (Å²) >= 11 is 5.91. The summed E-state index contributed by atoms with van der Waals surface area (Å²) in [5, 5.41) is 9.06. The first kappa shape index (κ1) is 10.7. The van der Waals surface area contributed by atoms with E-state index >= 15 is 0 Å². The summed E-state index contributed by atoms with van der Waals surface area (Å²) in [6, 6.07) is 2.20. The van der Waals surface area contributed by atoms with Gasteiger partial charge in [-0.15, -0.1) is 0 Å². The molecule has 1 atom stereocenters. The van der Waals surface area contributed by atoms with Crippen LogP contribution in [0.1, 0.15) is 13.3 Å². The van der Waals surface area contributed by atoms with Gasteiger partial charge in [0.25, 0.3) is 0 Å². The van der Waals surface area contributed by atoms with E-state index in [4.69, 9.17) is 16.9 Å². The third-order valence-corrected chi connectivity index (χ3v) is 2.30. The summed E-state index contributed by atoms with van der Waals surface area (Å²) in [7, 11) is 1.86. The van der Waals surface area contributed by atoms with Crippen molar-refractivity contribution < 1.29 is 0 Å². The van der Waals surface area contributed by atoms with Crippen molar-refractivity contribution in [2.45, 2.75) is 19.4 Å². The van der Waals surface area contributed by atoms with E-state index in [0.29, 0.717) is 17.3 Å². The molecule has 0 saturated carbocycles. The summed E-state index contributed by atoms with van der Waals surface area (Å²) in [4.78, 5) is 9.72. The Balaban J connectivity index is 2.84. The van der Waals surface area contributed by atoms with Crippen molar-refractivity contribution >= 4 is 17.4 Å². The second kappa shape index (κ2) is 4.77. The minimum atomic E-state index is 0.0902. The van der Waals surface area contributed by atoms with E-state index in [1.54, 1.807) is 6.20 Å². The minimum Gasteiger partial charge on any atom is -0.355 e. The van der Waals surface area contributed by atoms with Gasteiger partial charge in [-0.25, -0.2) is 9.97 Å². The lowest BCUT2D eigenvalue weighted by Crippen LogP contribution is -2.29. The number of halogens is 1. The third-order valence-electron chi connectivity index (χ3n) is 2.03. The van der Waals surface area contributed by atoms with Crippen LogP contribution in [0.2, 0.25) is 5.02 Å². The quantitative estimate of drug-likeness (QED) is 0.764. The molecular formula is C9H11ClN4.